The van der Waals surface area contributed by atoms with Crippen LogP contribution in [0, 0.1) is 0 Å². The monoisotopic (exact) mass is 154 g/mol. The minimum atomic E-state index is 0.375. The van der Waals surface area contributed by atoms with Crippen molar-refractivity contribution in [1.82, 2.24) is 19.6 Å². The predicted molar refractivity (Wildman–Crippen MR) is 35.8 cm³/mol. The first kappa shape index (κ1) is 5.61. The lowest BCUT2D eigenvalue weighted by molar-refractivity contribution is 0.946. The molecule has 0 fully saturated rings. The summed E-state index contributed by atoms with van der Waals surface area (Å²) in [4.78, 5) is 7.70. The van der Waals surface area contributed by atoms with Gasteiger partial charge in [0.1, 0.15) is 6.33 Å². The fraction of sp³-hybridized carbons (Fsp3) is 0. The molecule has 10 heavy (non-hydrogen) atoms. The quantitative estimate of drug-likeness (QED) is 0.563. The lowest BCUT2D eigenvalue weighted by atomic mass is 10.7. The van der Waals surface area contributed by atoms with Crippen LogP contribution >= 0.6 is 11.6 Å². The second kappa shape index (κ2) is 1.91. The molecule has 2 aromatic heterocycles. The maximum atomic E-state index is 5.66. The number of nitrogens with zero attached hydrogens (tertiary/aromatic N) is 4. The van der Waals surface area contributed by atoms with E-state index in [1.807, 2.05) is 0 Å². The zero-order valence-electron chi connectivity index (χ0n) is 4.90. The third kappa shape index (κ3) is 0.657. The van der Waals surface area contributed by atoms with Crippen LogP contribution in [0.2, 0.25) is 5.15 Å². The highest BCUT2D eigenvalue weighted by atomic mass is 35.5. The van der Waals surface area contributed by atoms with Crippen LogP contribution in [-0.2, 0) is 0 Å². The van der Waals surface area contributed by atoms with Crippen molar-refractivity contribution in [2.75, 3.05) is 0 Å². The highest BCUT2D eigenvalue weighted by Crippen LogP contribution is 2.08. The zero-order chi connectivity index (χ0) is 6.97. The van der Waals surface area contributed by atoms with Crippen molar-refractivity contribution >= 4 is 17.2 Å². The van der Waals surface area contributed by atoms with E-state index in [-0.39, 0.29) is 0 Å². The van der Waals surface area contributed by atoms with Gasteiger partial charge in [-0.25, -0.2) is 14.5 Å². The summed E-state index contributed by atoms with van der Waals surface area (Å²) in [6.45, 7) is 0. The molecule has 0 aliphatic rings. The molecule has 0 spiro atoms. The van der Waals surface area contributed by atoms with Crippen molar-refractivity contribution in [3.05, 3.63) is 23.9 Å². The third-order valence-electron chi connectivity index (χ3n) is 1.15. The largest absolute Gasteiger partial charge is 0.239 e. The van der Waals surface area contributed by atoms with E-state index < -0.39 is 0 Å². The normalized spacial score (nSPS) is 10.5. The molecule has 0 aromatic carbocycles. The second-order valence-corrected chi connectivity index (χ2v) is 2.10. The van der Waals surface area contributed by atoms with Crippen LogP contribution in [0.3, 0.4) is 0 Å². The van der Waals surface area contributed by atoms with Gasteiger partial charge in [0.2, 0.25) is 0 Å². The Bertz CT molecular complexity index is 355. The maximum Gasteiger partial charge on any atom is 0.192 e. The Morgan fingerprint density at radius 3 is 3.10 bits per heavy atom. The van der Waals surface area contributed by atoms with Crippen LogP contribution in [0.4, 0.5) is 0 Å². The van der Waals surface area contributed by atoms with Gasteiger partial charge in [-0.3, -0.25) is 0 Å². The lowest BCUT2D eigenvalue weighted by Crippen LogP contribution is -1.87. The number of hydrogen-bond acceptors (Lipinski definition) is 3. The molecule has 50 valence electrons. The highest BCUT2D eigenvalue weighted by molar-refractivity contribution is 6.32. The van der Waals surface area contributed by atoms with E-state index in [1.165, 1.54) is 6.33 Å². The van der Waals surface area contributed by atoms with Gasteiger partial charge in [0, 0.05) is 12.4 Å². The minimum Gasteiger partial charge on any atom is -0.239 e. The maximum absolute atomic E-state index is 5.66. The predicted octanol–water partition coefficient (Wildman–Crippen LogP) is 0.778. The smallest absolute Gasteiger partial charge is 0.192 e. The van der Waals surface area contributed by atoms with E-state index in [2.05, 4.69) is 15.1 Å². The van der Waals surface area contributed by atoms with Crippen molar-refractivity contribution < 1.29 is 0 Å². The Morgan fingerprint density at radius 1 is 1.40 bits per heavy atom. The Labute approximate surface area is 61.5 Å². The summed E-state index contributed by atoms with van der Waals surface area (Å²) < 4.78 is 1.56. The van der Waals surface area contributed by atoms with Crippen LogP contribution in [0.15, 0.2) is 18.7 Å². The van der Waals surface area contributed by atoms with Crippen LogP contribution in [0.25, 0.3) is 5.65 Å². The second-order valence-electron chi connectivity index (χ2n) is 1.75. The zero-order valence-corrected chi connectivity index (χ0v) is 5.65. The van der Waals surface area contributed by atoms with Gasteiger partial charge in [0.05, 0.1) is 0 Å². The summed E-state index contributed by atoms with van der Waals surface area (Å²) in [7, 11) is 0. The fourth-order valence-electron chi connectivity index (χ4n) is 0.727. The molecular weight excluding hydrogens is 152 g/mol. The first-order chi connectivity index (χ1) is 4.88. The number of halogens is 1. The summed E-state index contributed by atoms with van der Waals surface area (Å²) in [6.07, 6.45) is 4.70. The molecule has 4 nitrogen and oxygen atoms in total. The average Bonchev–Trinajstić information content (AvgIpc) is 2.36. The molecule has 0 radical (unpaired) electrons. The topological polar surface area (TPSA) is 43.1 Å². The molecule has 0 aliphatic carbocycles. The van der Waals surface area contributed by atoms with Gasteiger partial charge >= 0.3 is 0 Å². The van der Waals surface area contributed by atoms with Gasteiger partial charge in [0.25, 0.3) is 0 Å². The highest BCUT2D eigenvalue weighted by Gasteiger charge is 1.98. The van der Waals surface area contributed by atoms with E-state index in [4.69, 9.17) is 11.6 Å². The fourth-order valence-corrected chi connectivity index (χ4v) is 0.918. The van der Waals surface area contributed by atoms with Gasteiger partial charge in [-0.2, -0.15) is 5.10 Å². The van der Waals surface area contributed by atoms with Crippen molar-refractivity contribution in [2.24, 2.45) is 0 Å². The SMILES string of the molecule is Clc1nccn2ncnc12. The summed E-state index contributed by atoms with van der Waals surface area (Å²) in [5, 5.41) is 4.24. The first-order valence-corrected chi connectivity index (χ1v) is 3.05. The molecule has 5 heteroatoms. The van der Waals surface area contributed by atoms with Crippen molar-refractivity contribution in [3.63, 3.8) is 0 Å². The van der Waals surface area contributed by atoms with Crippen LogP contribution in [-0.4, -0.2) is 19.6 Å². The summed E-state index contributed by atoms with van der Waals surface area (Å²) >= 11 is 5.66. The summed E-state index contributed by atoms with van der Waals surface area (Å²) in [5.74, 6) is 0. The Balaban J connectivity index is 2.95. The van der Waals surface area contributed by atoms with Crippen LogP contribution in [0.1, 0.15) is 0 Å². The standard InChI is InChI=1S/C5H3ClN4/c6-4-5-8-3-9-10(5)2-1-7-4/h1-3H. The van der Waals surface area contributed by atoms with Gasteiger partial charge < -0.3 is 0 Å². The molecule has 0 saturated carbocycles. The summed E-state index contributed by atoms with van der Waals surface area (Å²) in [6, 6.07) is 0. The molecule has 0 aliphatic heterocycles. The lowest BCUT2D eigenvalue weighted by Gasteiger charge is -1.89. The third-order valence-corrected chi connectivity index (χ3v) is 1.42. The van der Waals surface area contributed by atoms with Crippen molar-refractivity contribution in [1.29, 1.82) is 0 Å². The molecule has 0 atom stereocenters. The Morgan fingerprint density at radius 2 is 2.30 bits per heavy atom. The number of rotatable bonds is 0. The molecule has 0 amide bonds. The summed E-state index contributed by atoms with van der Waals surface area (Å²) in [5.41, 5.74) is 0.587. The molecule has 0 N–H and O–H groups in total. The number of aromatic nitrogens is 4. The number of fused-ring (bicyclic) bond motifs is 1. The van der Waals surface area contributed by atoms with E-state index >= 15 is 0 Å². The number of hydrogen-bond donors (Lipinski definition) is 0. The van der Waals surface area contributed by atoms with E-state index in [0.717, 1.165) is 0 Å². The van der Waals surface area contributed by atoms with Crippen LogP contribution < -0.4 is 0 Å². The Hall–Kier alpha value is -1.16. The van der Waals surface area contributed by atoms with Crippen LogP contribution in [0.5, 0.6) is 0 Å². The molecule has 0 saturated heterocycles. The van der Waals surface area contributed by atoms with E-state index in [1.54, 1.807) is 16.9 Å². The van der Waals surface area contributed by atoms with Crippen molar-refractivity contribution in [2.45, 2.75) is 0 Å². The van der Waals surface area contributed by atoms with Gasteiger partial charge in [0.15, 0.2) is 10.8 Å². The molecule has 0 bridgehead atoms. The molecule has 2 rings (SSSR count). The molecule has 2 aromatic rings. The minimum absolute atomic E-state index is 0.375. The van der Waals surface area contributed by atoms with Gasteiger partial charge in [-0.1, -0.05) is 11.6 Å². The molecule has 2 heterocycles. The molecule has 0 unspecified atom stereocenters. The van der Waals surface area contributed by atoms with Gasteiger partial charge in [-0.15, -0.1) is 0 Å². The van der Waals surface area contributed by atoms with E-state index in [0.29, 0.717) is 10.8 Å². The van der Waals surface area contributed by atoms with Crippen molar-refractivity contribution in [3.8, 4) is 0 Å². The van der Waals surface area contributed by atoms with E-state index in [9.17, 15) is 0 Å². The van der Waals surface area contributed by atoms with Gasteiger partial charge in [-0.05, 0) is 0 Å². The average molecular weight is 155 g/mol. The first-order valence-electron chi connectivity index (χ1n) is 2.68. The Kier molecular flexibility index (Phi) is 1.07. The molecular formula is C5H3ClN4.